The van der Waals surface area contributed by atoms with E-state index >= 15 is 0 Å². The summed E-state index contributed by atoms with van der Waals surface area (Å²) in [6, 6.07) is 0. The molecule has 0 bridgehead atoms. The zero-order valence-corrected chi connectivity index (χ0v) is 10.6. The quantitative estimate of drug-likeness (QED) is 0.592. The second kappa shape index (κ2) is 4.78. The lowest BCUT2D eigenvalue weighted by molar-refractivity contribution is -0.139. The summed E-state index contributed by atoms with van der Waals surface area (Å²) in [5, 5.41) is -0.394. The smallest absolute Gasteiger partial charge is 0.242 e. The summed E-state index contributed by atoms with van der Waals surface area (Å²) < 4.78 is 0. The normalized spacial score (nSPS) is 35.9. The van der Waals surface area contributed by atoms with Gasteiger partial charge in [0, 0.05) is 13.0 Å². The summed E-state index contributed by atoms with van der Waals surface area (Å²) >= 11 is 4.13. The van der Waals surface area contributed by atoms with E-state index in [1.165, 1.54) is 17.7 Å². The van der Waals surface area contributed by atoms with E-state index in [1.807, 2.05) is 0 Å². The van der Waals surface area contributed by atoms with Crippen molar-refractivity contribution in [3.05, 3.63) is 0 Å². The molecule has 1 atom stereocenters. The Morgan fingerprint density at radius 2 is 1.88 bits per heavy atom. The van der Waals surface area contributed by atoms with Crippen LogP contribution in [0.5, 0.6) is 0 Å². The minimum absolute atomic E-state index is 0.0383. The number of nitrogens with zero attached hydrogens (tertiary/aromatic N) is 1. The van der Waals surface area contributed by atoms with Crippen molar-refractivity contribution in [3.63, 3.8) is 0 Å². The molecule has 0 spiro atoms. The Morgan fingerprint density at radius 1 is 1.25 bits per heavy atom. The average molecular weight is 241 g/mol. The van der Waals surface area contributed by atoms with Crippen LogP contribution in [0.4, 0.5) is 0 Å². The van der Waals surface area contributed by atoms with E-state index in [9.17, 15) is 9.59 Å². The molecule has 0 radical (unpaired) electrons. The van der Waals surface area contributed by atoms with Crippen molar-refractivity contribution in [2.45, 2.75) is 44.3 Å². The van der Waals surface area contributed by atoms with E-state index in [0.29, 0.717) is 12.5 Å². The molecule has 1 aliphatic carbocycles. The molecule has 2 aliphatic rings. The van der Waals surface area contributed by atoms with E-state index in [0.717, 1.165) is 18.8 Å². The first-order valence-corrected chi connectivity index (χ1v) is 6.62. The van der Waals surface area contributed by atoms with E-state index in [1.54, 1.807) is 0 Å². The first-order valence-electron chi connectivity index (χ1n) is 6.10. The number of hydrogen-bond acceptors (Lipinski definition) is 3. The second-order valence-electron chi connectivity index (χ2n) is 5.19. The molecule has 2 rings (SSSR count). The van der Waals surface area contributed by atoms with Crippen molar-refractivity contribution < 1.29 is 9.59 Å². The summed E-state index contributed by atoms with van der Waals surface area (Å²) in [5.41, 5.74) is 0. The highest BCUT2D eigenvalue weighted by Crippen LogP contribution is 2.30. The molecule has 3 nitrogen and oxygen atoms in total. The lowest BCUT2D eigenvalue weighted by atomic mass is 9.83. The molecule has 1 heterocycles. The van der Waals surface area contributed by atoms with Gasteiger partial charge in [-0.1, -0.05) is 19.8 Å². The minimum Gasteiger partial charge on any atom is -0.281 e. The van der Waals surface area contributed by atoms with E-state index in [2.05, 4.69) is 19.6 Å². The van der Waals surface area contributed by atoms with Crippen LogP contribution in [0.2, 0.25) is 0 Å². The molecular weight excluding hydrogens is 222 g/mol. The zero-order valence-electron chi connectivity index (χ0n) is 9.69. The SMILES string of the molecule is CC1CCC(CN2C(=O)CC(S)C2=O)CC1. The topological polar surface area (TPSA) is 37.4 Å². The van der Waals surface area contributed by atoms with Crippen molar-refractivity contribution >= 4 is 24.4 Å². The first-order chi connectivity index (χ1) is 7.58. The van der Waals surface area contributed by atoms with Gasteiger partial charge in [-0.05, 0) is 24.7 Å². The third kappa shape index (κ3) is 2.42. The molecule has 1 aliphatic heterocycles. The Bertz CT molecular complexity index is 297. The maximum Gasteiger partial charge on any atom is 0.242 e. The van der Waals surface area contributed by atoms with Crippen LogP contribution >= 0.6 is 12.6 Å². The number of hydrogen-bond donors (Lipinski definition) is 1. The molecule has 2 fully saturated rings. The molecule has 0 aromatic rings. The van der Waals surface area contributed by atoms with Gasteiger partial charge >= 0.3 is 0 Å². The fourth-order valence-electron chi connectivity index (χ4n) is 2.63. The van der Waals surface area contributed by atoms with Crippen LogP contribution in [0.15, 0.2) is 0 Å². The van der Waals surface area contributed by atoms with Crippen molar-refractivity contribution in [1.82, 2.24) is 4.90 Å². The van der Waals surface area contributed by atoms with Gasteiger partial charge in [0.1, 0.15) is 0 Å². The molecule has 0 N–H and O–H groups in total. The van der Waals surface area contributed by atoms with Crippen molar-refractivity contribution in [2.24, 2.45) is 11.8 Å². The first kappa shape index (κ1) is 12.0. The lowest BCUT2D eigenvalue weighted by Gasteiger charge is -2.28. The molecule has 1 unspecified atom stereocenters. The maximum atomic E-state index is 11.7. The highest BCUT2D eigenvalue weighted by atomic mass is 32.1. The van der Waals surface area contributed by atoms with E-state index < -0.39 is 5.25 Å². The predicted octanol–water partition coefficient (Wildman–Crippen LogP) is 1.87. The van der Waals surface area contributed by atoms with Crippen molar-refractivity contribution in [1.29, 1.82) is 0 Å². The summed E-state index contributed by atoms with van der Waals surface area (Å²) in [5.74, 6) is 1.19. The van der Waals surface area contributed by atoms with Gasteiger partial charge in [-0.2, -0.15) is 12.6 Å². The standard InChI is InChI=1S/C12H19NO2S/c1-8-2-4-9(5-3-8)7-13-11(14)6-10(16)12(13)15/h8-10,16H,2-7H2,1H3. The molecule has 2 amide bonds. The monoisotopic (exact) mass is 241 g/mol. The summed E-state index contributed by atoms with van der Waals surface area (Å²) in [7, 11) is 0. The Kier molecular flexibility index (Phi) is 3.57. The molecule has 4 heteroatoms. The molecular formula is C12H19NO2S. The van der Waals surface area contributed by atoms with Crippen LogP contribution in [0.3, 0.4) is 0 Å². The van der Waals surface area contributed by atoms with Gasteiger partial charge in [-0.3, -0.25) is 14.5 Å². The summed E-state index contributed by atoms with van der Waals surface area (Å²) in [6.45, 7) is 2.90. The lowest BCUT2D eigenvalue weighted by Crippen LogP contribution is -2.36. The molecule has 1 saturated carbocycles. The van der Waals surface area contributed by atoms with Crippen LogP contribution in [-0.2, 0) is 9.59 Å². The number of likely N-dealkylation sites (tertiary alicyclic amines) is 1. The number of imide groups is 1. The van der Waals surface area contributed by atoms with Gasteiger partial charge < -0.3 is 0 Å². The maximum absolute atomic E-state index is 11.7. The molecule has 16 heavy (non-hydrogen) atoms. The molecule has 90 valence electrons. The fourth-order valence-corrected chi connectivity index (χ4v) is 2.92. The number of carbonyl (C=O) groups is 2. The van der Waals surface area contributed by atoms with Gasteiger partial charge in [0.2, 0.25) is 11.8 Å². The molecule has 0 aromatic heterocycles. The fraction of sp³-hybridized carbons (Fsp3) is 0.833. The molecule has 0 aromatic carbocycles. The third-order valence-electron chi connectivity index (χ3n) is 3.80. The largest absolute Gasteiger partial charge is 0.281 e. The van der Waals surface area contributed by atoms with Gasteiger partial charge in [0.25, 0.3) is 0 Å². The van der Waals surface area contributed by atoms with Crippen LogP contribution < -0.4 is 0 Å². The predicted molar refractivity (Wildman–Crippen MR) is 65.2 cm³/mol. The van der Waals surface area contributed by atoms with Gasteiger partial charge in [-0.15, -0.1) is 0 Å². The van der Waals surface area contributed by atoms with Gasteiger partial charge in [0.15, 0.2) is 0 Å². The third-order valence-corrected chi connectivity index (χ3v) is 4.20. The van der Waals surface area contributed by atoms with Gasteiger partial charge in [-0.25, -0.2) is 0 Å². The van der Waals surface area contributed by atoms with Crippen LogP contribution in [0.1, 0.15) is 39.0 Å². The average Bonchev–Trinajstić information content (AvgIpc) is 2.48. The summed E-state index contributed by atoms with van der Waals surface area (Å²) in [4.78, 5) is 24.7. The second-order valence-corrected chi connectivity index (χ2v) is 5.81. The number of carbonyl (C=O) groups excluding carboxylic acids is 2. The molecule has 1 saturated heterocycles. The number of rotatable bonds is 2. The zero-order chi connectivity index (χ0) is 11.7. The van der Waals surface area contributed by atoms with Crippen LogP contribution in [0, 0.1) is 11.8 Å². The Balaban J connectivity index is 1.90. The van der Waals surface area contributed by atoms with Crippen molar-refractivity contribution in [2.75, 3.05) is 6.54 Å². The van der Waals surface area contributed by atoms with Crippen LogP contribution in [0.25, 0.3) is 0 Å². The van der Waals surface area contributed by atoms with Crippen molar-refractivity contribution in [3.8, 4) is 0 Å². The number of thiol groups is 1. The number of amides is 2. The van der Waals surface area contributed by atoms with Crippen LogP contribution in [-0.4, -0.2) is 28.5 Å². The highest BCUT2D eigenvalue weighted by molar-refractivity contribution is 7.81. The van der Waals surface area contributed by atoms with E-state index in [-0.39, 0.29) is 18.2 Å². The highest BCUT2D eigenvalue weighted by Gasteiger charge is 2.37. The Morgan fingerprint density at radius 3 is 2.38 bits per heavy atom. The summed E-state index contributed by atoms with van der Waals surface area (Å²) in [6.07, 6.45) is 5.03. The Labute approximate surface area is 102 Å². The Hall–Kier alpha value is -0.510. The van der Waals surface area contributed by atoms with E-state index in [4.69, 9.17) is 0 Å². The minimum atomic E-state index is -0.394. The van der Waals surface area contributed by atoms with Gasteiger partial charge in [0.05, 0.1) is 5.25 Å².